The molecule has 1 N–H and O–H groups in total. The van der Waals surface area contributed by atoms with Crippen molar-refractivity contribution in [3.63, 3.8) is 0 Å². The van der Waals surface area contributed by atoms with Crippen molar-refractivity contribution in [2.75, 3.05) is 5.32 Å². The van der Waals surface area contributed by atoms with Crippen LogP contribution in [0.4, 0.5) is 5.82 Å². The number of hydrogen-bond donors (Lipinski definition) is 1. The van der Waals surface area contributed by atoms with Crippen molar-refractivity contribution < 1.29 is 4.79 Å². The molecule has 0 atom stereocenters. The molecule has 0 saturated heterocycles. The Morgan fingerprint density at radius 3 is 2.77 bits per heavy atom. The van der Waals surface area contributed by atoms with E-state index in [1.54, 1.807) is 18.6 Å². The summed E-state index contributed by atoms with van der Waals surface area (Å²) in [5.74, 6) is 0.817. The Kier molecular flexibility index (Phi) is 3.19. The second-order valence-electron chi connectivity index (χ2n) is 2.85. The summed E-state index contributed by atoms with van der Waals surface area (Å²) in [6, 6.07) is 0. The SMILES string of the molecule is Cl.O=C(Nc1cnccn1)C1CC1. The van der Waals surface area contributed by atoms with Gasteiger partial charge in [-0.15, -0.1) is 12.4 Å². The maximum atomic E-state index is 11.2. The smallest absolute Gasteiger partial charge is 0.228 e. The lowest BCUT2D eigenvalue weighted by Gasteiger charge is -2.00. The Hall–Kier alpha value is -1.16. The van der Waals surface area contributed by atoms with E-state index in [9.17, 15) is 4.79 Å². The molecule has 1 aromatic heterocycles. The number of halogens is 1. The zero-order valence-electron chi connectivity index (χ0n) is 6.93. The van der Waals surface area contributed by atoms with Gasteiger partial charge in [0.15, 0.2) is 5.82 Å². The highest BCUT2D eigenvalue weighted by Crippen LogP contribution is 2.29. The predicted molar refractivity (Wildman–Crippen MR) is 50.6 cm³/mol. The van der Waals surface area contributed by atoms with Crippen molar-refractivity contribution in [2.24, 2.45) is 5.92 Å². The zero-order valence-corrected chi connectivity index (χ0v) is 7.75. The summed E-state index contributed by atoms with van der Waals surface area (Å²) in [6.45, 7) is 0. The molecule has 5 heteroatoms. The van der Waals surface area contributed by atoms with E-state index in [0.29, 0.717) is 5.82 Å². The van der Waals surface area contributed by atoms with Crippen molar-refractivity contribution in [2.45, 2.75) is 12.8 Å². The summed E-state index contributed by atoms with van der Waals surface area (Å²) in [5.41, 5.74) is 0. The van der Waals surface area contributed by atoms with Crippen molar-refractivity contribution in [1.29, 1.82) is 0 Å². The first-order valence-electron chi connectivity index (χ1n) is 3.93. The van der Waals surface area contributed by atoms with Gasteiger partial charge in [0.25, 0.3) is 0 Å². The Labute approximate surface area is 82.2 Å². The maximum absolute atomic E-state index is 11.2. The number of carbonyl (C=O) groups excluding carboxylic acids is 1. The monoisotopic (exact) mass is 199 g/mol. The van der Waals surface area contributed by atoms with Gasteiger partial charge in [-0.2, -0.15) is 0 Å². The first-order chi connectivity index (χ1) is 5.86. The molecule has 1 amide bonds. The largest absolute Gasteiger partial charge is 0.309 e. The molecule has 70 valence electrons. The van der Waals surface area contributed by atoms with Crippen LogP contribution in [0, 0.1) is 5.92 Å². The van der Waals surface area contributed by atoms with E-state index in [4.69, 9.17) is 0 Å². The van der Waals surface area contributed by atoms with Gasteiger partial charge in [-0.25, -0.2) is 4.98 Å². The highest BCUT2D eigenvalue weighted by atomic mass is 35.5. The Bertz CT molecular complexity index is 287. The van der Waals surface area contributed by atoms with Crippen molar-refractivity contribution in [3.8, 4) is 0 Å². The predicted octanol–water partition coefficient (Wildman–Crippen LogP) is 1.25. The molecule has 1 heterocycles. The highest BCUT2D eigenvalue weighted by Gasteiger charge is 2.29. The number of nitrogens with one attached hydrogen (secondary N) is 1. The molecular formula is C8H10ClN3O. The minimum Gasteiger partial charge on any atom is -0.309 e. The average Bonchev–Trinajstić information content (AvgIpc) is 2.88. The molecule has 2 rings (SSSR count). The molecule has 1 aliphatic carbocycles. The molecule has 0 bridgehead atoms. The summed E-state index contributed by atoms with van der Waals surface area (Å²) in [5, 5.41) is 2.69. The van der Waals surface area contributed by atoms with Gasteiger partial charge < -0.3 is 5.32 Å². The van der Waals surface area contributed by atoms with E-state index in [2.05, 4.69) is 15.3 Å². The second-order valence-corrected chi connectivity index (χ2v) is 2.85. The molecule has 0 aliphatic heterocycles. The number of hydrogen-bond acceptors (Lipinski definition) is 3. The van der Waals surface area contributed by atoms with Gasteiger partial charge in [0.05, 0.1) is 6.20 Å². The van der Waals surface area contributed by atoms with Gasteiger partial charge in [0.2, 0.25) is 5.91 Å². The molecule has 1 aromatic rings. The molecule has 13 heavy (non-hydrogen) atoms. The number of aromatic nitrogens is 2. The van der Waals surface area contributed by atoms with E-state index in [1.807, 2.05) is 0 Å². The lowest BCUT2D eigenvalue weighted by atomic mass is 10.4. The van der Waals surface area contributed by atoms with Crippen LogP contribution in [0.1, 0.15) is 12.8 Å². The van der Waals surface area contributed by atoms with Gasteiger partial charge in [0.1, 0.15) is 0 Å². The van der Waals surface area contributed by atoms with E-state index in [1.165, 1.54) is 0 Å². The summed E-state index contributed by atoms with van der Waals surface area (Å²) >= 11 is 0. The van der Waals surface area contributed by atoms with E-state index in [0.717, 1.165) is 12.8 Å². The van der Waals surface area contributed by atoms with Crippen LogP contribution in [-0.4, -0.2) is 15.9 Å². The van der Waals surface area contributed by atoms with E-state index >= 15 is 0 Å². The fourth-order valence-corrected chi connectivity index (χ4v) is 0.937. The number of anilines is 1. The van der Waals surface area contributed by atoms with Crippen LogP contribution in [0.15, 0.2) is 18.6 Å². The molecule has 0 unspecified atom stereocenters. The highest BCUT2D eigenvalue weighted by molar-refractivity contribution is 5.93. The van der Waals surface area contributed by atoms with E-state index < -0.39 is 0 Å². The molecule has 0 radical (unpaired) electrons. The van der Waals surface area contributed by atoms with Crippen LogP contribution in [0.5, 0.6) is 0 Å². The Balaban J connectivity index is 0.000000845. The first-order valence-corrected chi connectivity index (χ1v) is 3.93. The van der Waals surface area contributed by atoms with Crippen LogP contribution < -0.4 is 5.32 Å². The zero-order chi connectivity index (χ0) is 8.39. The standard InChI is InChI=1S/C8H9N3O.ClH/c12-8(6-1-2-6)11-7-5-9-3-4-10-7;/h3-6H,1-2H2,(H,10,11,12);1H. The molecule has 1 saturated carbocycles. The maximum Gasteiger partial charge on any atom is 0.228 e. The molecule has 1 fully saturated rings. The fourth-order valence-electron chi connectivity index (χ4n) is 0.937. The van der Waals surface area contributed by atoms with Gasteiger partial charge in [-0.05, 0) is 12.8 Å². The molecule has 0 spiro atoms. The van der Waals surface area contributed by atoms with Gasteiger partial charge >= 0.3 is 0 Å². The van der Waals surface area contributed by atoms with Crippen molar-refractivity contribution in [1.82, 2.24) is 9.97 Å². The lowest BCUT2D eigenvalue weighted by molar-refractivity contribution is -0.117. The van der Waals surface area contributed by atoms with Gasteiger partial charge in [0, 0.05) is 18.3 Å². The number of amides is 1. The molecule has 0 aromatic carbocycles. The van der Waals surface area contributed by atoms with Crippen molar-refractivity contribution in [3.05, 3.63) is 18.6 Å². The Morgan fingerprint density at radius 1 is 1.46 bits per heavy atom. The van der Waals surface area contributed by atoms with Gasteiger partial charge in [-0.3, -0.25) is 9.78 Å². The number of rotatable bonds is 2. The summed E-state index contributed by atoms with van der Waals surface area (Å²) in [7, 11) is 0. The third kappa shape index (κ3) is 2.66. The normalized spacial score (nSPS) is 14.5. The van der Waals surface area contributed by atoms with Crippen LogP contribution in [-0.2, 0) is 4.79 Å². The first kappa shape index (κ1) is 9.92. The topological polar surface area (TPSA) is 54.9 Å². The minimum absolute atomic E-state index is 0. The van der Waals surface area contributed by atoms with E-state index in [-0.39, 0.29) is 24.2 Å². The third-order valence-corrected chi connectivity index (χ3v) is 1.76. The number of nitrogens with zero attached hydrogens (tertiary/aromatic N) is 2. The minimum atomic E-state index is 0. The van der Waals surface area contributed by atoms with Crippen LogP contribution >= 0.6 is 12.4 Å². The van der Waals surface area contributed by atoms with Crippen LogP contribution in [0.25, 0.3) is 0 Å². The summed E-state index contributed by atoms with van der Waals surface area (Å²) in [6.07, 6.45) is 6.69. The lowest BCUT2D eigenvalue weighted by Crippen LogP contribution is -2.14. The number of carbonyl (C=O) groups is 1. The van der Waals surface area contributed by atoms with Crippen LogP contribution in [0.3, 0.4) is 0 Å². The molecular weight excluding hydrogens is 190 g/mol. The quantitative estimate of drug-likeness (QED) is 0.780. The van der Waals surface area contributed by atoms with Crippen molar-refractivity contribution >= 4 is 24.1 Å². The third-order valence-electron chi connectivity index (χ3n) is 1.76. The average molecular weight is 200 g/mol. The Morgan fingerprint density at radius 2 is 2.23 bits per heavy atom. The molecule has 4 nitrogen and oxygen atoms in total. The second kappa shape index (κ2) is 4.18. The molecule has 1 aliphatic rings. The fraction of sp³-hybridized carbons (Fsp3) is 0.375. The van der Waals surface area contributed by atoms with Crippen LogP contribution in [0.2, 0.25) is 0 Å². The summed E-state index contributed by atoms with van der Waals surface area (Å²) < 4.78 is 0. The summed E-state index contributed by atoms with van der Waals surface area (Å²) in [4.78, 5) is 19.0. The van der Waals surface area contributed by atoms with Gasteiger partial charge in [-0.1, -0.05) is 0 Å².